The minimum Gasteiger partial charge on any atom is -0.378 e. The zero-order valence-electron chi connectivity index (χ0n) is 12.8. The Labute approximate surface area is 130 Å². The van der Waals surface area contributed by atoms with Crippen molar-refractivity contribution in [2.24, 2.45) is 5.92 Å². The SMILES string of the molecule is N#Cc1nc(NCC2CCCCC2)nc(N2CCOCC2)n1. The van der Waals surface area contributed by atoms with E-state index in [2.05, 4.69) is 20.3 Å². The van der Waals surface area contributed by atoms with Gasteiger partial charge in [-0.15, -0.1) is 0 Å². The Bertz CT molecular complexity index is 531. The number of nitrogens with one attached hydrogen (secondary N) is 1. The van der Waals surface area contributed by atoms with E-state index in [1.807, 2.05) is 11.0 Å². The number of nitriles is 1. The lowest BCUT2D eigenvalue weighted by Gasteiger charge is -2.27. The van der Waals surface area contributed by atoms with Crippen LogP contribution in [0, 0.1) is 17.2 Å². The number of hydrogen-bond donors (Lipinski definition) is 1. The first-order chi connectivity index (χ1) is 10.8. The zero-order chi connectivity index (χ0) is 15.2. The average molecular weight is 302 g/mol. The maximum Gasteiger partial charge on any atom is 0.238 e. The van der Waals surface area contributed by atoms with Gasteiger partial charge >= 0.3 is 0 Å². The van der Waals surface area contributed by atoms with Crippen molar-refractivity contribution in [3.8, 4) is 6.07 Å². The molecule has 0 bridgehead atoms. The largest absolute Gasteiger partial charge is 0.378 e. The predicted molar refractivity (Wildman–Crippen MR) is 82.6 cm³/mol. The van der Waals surface area contributed by atoms with E-state index in [4.69, 9.17) is 10.00 Å². The quantitative estimate of drug-likeness (QED) is 0.903. The predicted octanol–water partition coefficient (Wildman–Crippen LogP) is 1.57. The molecule has 1 saturated heterocycles. The van der Waals surface area contributed by atoms with Crippen molar-refractivity contribution in [2.45, 2.75) is 32.1 Å². The second kappa shape index (κ2) is 7.36. The van der Waals surface area contributed by atoms with E-state index in [1.165, 1.54) is 32.1 Å². The molecule has 7 nitrogen and oxygen atoms in total. The van der Waals surface area contributed by atoms with Crippen molar-refractivity contribution in [1.29, 1.82) is 5.26 Å². The molecule has 1 N–H and O–H groups in total. The fourth-order valence-electron chi connectivity index (χ4n) is 3.03. The van der Waals surface area contributed by atoms with Crippen LogP contribution in [0.3, 0.4) is 0 Å². The minimum absolute atomic E-state index is 0.169. The highest BCUT2D eigenvalue weighted by Crippen LogP contribution is 2.23. The maximum absolute atomic E-state index is 9.13. The van der Waals surface area contributed by atoms with Crippen molar-refractivity contribution in [3.05, 3.63) is 5.82 Å². The van der Waals surface area contributed by atoms with Gasteiger partial charge in [-0.05, 0) is 18.8 Å². The summed E-state index contributed by atoms with van der Waals surface area (Å²) in [7, 11) is 0. The number of morpholine rings is 1. The number of anilines is 2. The second-order valence-electron chi connectivity index (χ2n) is 5.88. The topological polar surface area (TPSA) is 87.0 Å². The van der Waals surface area contributed by atoms with Crippen LogP contribution in [0.4, 0.5) is 11.9 Å². The number of nitrogens with zero attached hydrogens (tertiary/aromatic N) is 5. The van der Waals surface area contributed by atoms with E-state index in [9.17, 15) is 0 Å². The molecule has 2 heterocycles. The third-order valence-corrected chi connectivity index (χ3v) is 4.29. The van der Waals surface area contributed by atoms with Gasteiger partial charge in [0, 0.05) is 19.6 Å². The molecule has 7 heteroatoms. The lowest BCUT2D eigenvalue weighted by Crippen LogP contribution is -2.37. The third-order valence-electron chi connectivity index (χ3n) is 4.29. The van der Waals surface area contributed by atoms with Crippen molar-refractivity contribution < 1.29 is 4.74 Å². The van der Waals surface area contributed by atoms with Gasteiger partial charge in [-0.2, -0.15) is 20.2 Å². The Balaban J connectivity index is 1.68. The van der Waals surface area contributed by atoms with Crippen LogP contribution in [-0.2, 0) is 4.74 Å². The molecule has 0 amide bonds. The van der Waals surface area contributed by atoms with Crippen molar-refractivity contribution in [2.75, 3.05) is 43.1 Å². The molecule has 2 aliphatic rings. The molecule has 0 aromatic carbocycles. The summed E-state index contributed by atoms with van der Waals surface area (Å²) in [5, 5.41) is 12.4. The van der Waals surface area contributed by atoms with Gasteiger partial charge in [0.05, 0.1) is 13.2 Å². The Hall–Kier alpha value is -1.94. The highest BCUT2D eigenvalue weighted by atomic mass is 16.5. The first-order valence-electron chi connectivity index (χ1n) is 8.08. The Morgan fingerprint density at radius 3 is 2.64 bits per heavy atom. The van der Waals surface area contributed by atoms with Crippen molar-refractivity contribution in [1.82, 2.24) is 15.0 Å². The minimum atomic E-state index is 0.169. The third kappa shape index (κ3) is 3.83. The number of ether oxygens (including phenoxy) is 1. The molecular weight excluding hydrogens is 280 g/mol. The number of aromatic nitrogens is 3. The summed E-state index contributed by atoms with van der Waals surface area (Å²) < 4.78 is 5.34. The van der Waals surface area contributed by atoms with Gasteiger partial charge in [-0.1, -0.05) is 19.3 Å². The van der Waals surface area contributed by atoms with Crippen LogP contribution in [0.1, 0.15) is 37.9 Å². The second-order valence-corrected chi connectivity index (χ2v) is 5.88. The molecule has 118 valence electrons. The van der Waals surface area contributed by atoms with Crippen molar-refractivity contribution in [3.63, 3.8) is 0 Å². The van der Waals surface area contributed by atoms with Gasteiger partial charge in [0.15, 0.2) is 0 Å². The van der Waals surface area contributed by atoms with Crippen LogP contribution in [0.25, 0.3) is 0 Å². The van der Waals surface area contributed by atoms with Gasteiger partial charge in [-0.25, -0.2) is 0 Å². The highest BCUT2D eigenvalue weighted by Gasteiger charge is 2.18. The molecule has 0 spiro atoms. The summed E-state index contributed by atoms with van der Waals surface area (Å²) in [6.07, 6.45) is 6.50. The molecule has 1 saturated carbocycles. The lowest BCUT2D eigenvalue weighted by atomic mass is 9.89. The smallest absolute Gasteiger partial charge is 0.238 e. The first-order valence-corrected chi connectivity index (χ1v) is 8.08. The molecule has 1 aromatic heterocycles. The maximum atomic E-state index is 9.13. The molecule has 1 aliphatic carbocycles. The zero-order valence-corrected chi connectivity index (χ0v) is 12.8. The van der Waals surface area contributed by atoms with E-state index < -0.39 is 0 Å². The van der Waals surface area contributed by atoms with E-state index >= 15 is 0 Å². The molecule has 0 atom stereocenters. The lowest BCUT2D eigenvalue weighted by molar-refractivity contribution is 0.122. The molecule has 3 rings (SSSR count). The average Bonchev–Trinajstić information content (AvgIpc) is 2.61. The van der Waals surface area contributed by atoms with Crippen LogP contribution in [0.15, 0.2) is 0 Å². The fraction of sp³-hybridized carbons (Fsp3) is 0.733. The Morgan fingerprint density at radius 1 is 1.14 bits per heavy atom. The summed E-state index contributed by atoms with van der Waals surface area (Å²) in [5.74, 6) is 1.94. The Morgan fingerprint density at radius 2 is 1.91 bits per heavy atom. The summed E-state index contributed by atoms with van der Waals surface area (Å²) >= 11 is 0. The highest BCUT2D eigenvalue weighted by molar-refractivity contribution is 5.39. The van der Waals surface area contributed by atoms with Gasteiger partial charge in [-0.3, -0.25) is 0 Å². The normalized spacial score (nSPS) is 19.7. The van der Waals surface area contributed by atoms with Crippen LogP contribution in [0.5, 0.6) is 0 Å². The van der Waals surface area contributed by atoms with Crippen molar-refractivity contribution >= 4 is 11.9 Å². The molecule has 0 radical (unpaired) electrons. The standard InChI is InChI=1S/C15H22N6O/c16-10-13-18-14(17-11-12-4-2-1-3-5-12)20-15(19-13)21-6-8-22-9-7-21/h12H,1-9,11H2,(H,17,18,19,20). The number of rotatable bonds is 4. The van der Waals surface area contributed by atoms with Crippen LogP contribution >= 0.6 is 0 Å². The van der Waals surface area contributed by atoms with Gasteiger partial charge < -0.3 is 15.0 Å². The molecule has 1 aromatic rings. The summed E-state index contributed by atoms with van der Waals surface area (Å²) in [4.78, 5) is 14.9. The molecular formula is C15H22N6O. The van der Waals surface area contributed by atoms with E-state index in [0.29, 0.717) is 31.0 Å². The van der Waals surface area contributed by atoms with E-state index in [1.54, 1.807) is 0 Å². The van der Waals surface area contributed by atoms with Gasteiger partial charge in [0.2, 0.25) is 17.7 Å². The van der Waals surface area contributed by atoms with Crippen LogP contribution in [-0.4, -0.2) is 47.8 Å². The van der Waals surface area contributed by atoms with Crippen LogP contribution < -0.4 is 10.2 Å². The number of hydrogen-bond acceptors (Lipinski definition) is 7. The molecule has 1 aliphatic heterocycles. The fourth-order valence-corrected chi connectivity index (χ4v) is 3.03. The van der Waals surface area contributed by atoms with Gasteiger partial charge in [0.25, 0.3) is 0 Å². The molecule has 2 fully saturated rings. The monoisotopic (exact) mass is 302 g/mol. The Kier molecular flexibility index (Phi) is 5.01. The van der Waals surface area contributed by atoms with Crippen LogP contribution in [0.2, 0.25) is 0 Å². The summed E-state index contributed by atoms with van der Waals surface area (Å²) in [6, 6.07) is 2.02. The summed E-state index contributed by atoms with van der Waals surface area (Å²) in [6.45, 7) is 3.70. The van der Waals surface area contributed by atoms with Gasteiger partial charge in [0.1, 0.15) is 6.07 Å². The summed E-state index contributed by atoms with van der Waals surface area (Å²) in [5.41, 5.74) is 0. The van der Waals surface area contributed by atoms with E-state index in [-0.39, 0.29) is 5.82 Å². The molecule has 22 heavy (non-hydrogen) atoms. The van der Waals surface area contributed by atoms with E-state index in [0.717, 1.165) is 19.6 Å². The molecule has 0 unspecified atom stereocenters. The first kappa shape index (κ1) is 15.0.